The maximum absolute atomic E-state index is 13.1. The Balaban J connectivity index is 1.49. The summed E-state index contributed by atoms with van der Waals surface area (Å²) in [5, 5.41) is 29.2. The van der Waals surface area contributed by atoms with Gasteiger partial charge in [0.1, 0.15) is 17.2 Å². The van der Waals surface area contributed by atoms with Crippen LogP contribution >= 0.6 is 0 Å². The van der Waals surface area contributed by atoms with E-state index < -0.39 is 36.8 Å². The fraction of sp³-hybridized carbons (Fsp3) is 0.594. The first-order valence-corrected chi connectivity index (χ1v) is 14.7. The van der Waals surface area contributed by atoms with Gasteiger partial charge >= 0.3 is 18.1 Å². The lowest BCUT2D eigenvalue weighted by molar-refractivity contribution is -0.284. The predicted molar refractivity (Wildman–Crippen MR) is 149 cm³/mol. The van der Waals surface area contributed by atoms with Gasteiger partial charge in [0.05, 0.1) is 12.5 Å². The first-order valence-electron chi connectivity index (χ1n) is 14.7. The van der Waals surface area contributed by atoms with Crippen LogP contribution < -0.4 is 4.74 Å². The quantitative estimate of drug-likeness (QED) is 0.132. The molecule has 0 spiro atoms. The van der Waals surface area contributed by atoms with Crippen LogP contribution in [0.5, 0.6) is 17.2 Å². The van der Waals surface area contributed by atoms with Crippen LogP contribution in [0, 0.1) is 5.92 Å². The lowest BCUT2D eigenvalue weighted by Crippen LogP contribution is -2.42. The highest BCUT2D eigenvalue weighted by Gasteiger charge is 2.56. The number of rotatable bonds is 16. The third-order valence-electron chi connectivity index (χ3n) is 8.70. The van der Waals surface area contributed by atoms with Gasteiger partial charge in [0.15, 0.2) is 0 Å². The minimum Gasteiger partial charge on any atom is -0.508 e. The molecule has 0 aromatic heterocycles. The molecule has 3 atom stereocenters. The normalized spacial score (nSPS) is 19.6. The number of aromatic hydroxyl groups is 2. The van der Waals surface area contributed by atoms with Crippen LogP contribution in [0.25, 0.3) is 0 Å². The summed E-state index contributed by atoms with van der Waals surface area (Å²) < 4.78 is 69.4. The monoisotopic (exact) mass is 600 g/mol. The van der Waals surface area contributed by atoms with Gasteiger partial charge < -0.3 is 20.1 Å². The number of aliphatic carboxylic acids is 1. The van der Waals surface area contributed by atoms with E-state index in [1.165, 1.54) is 0 Å². The number of hydrogen-bond acceptors (Lipinski definition) is 4. The van der Waals surface area contributed by atoms with Crippen molar-refractivity contribution in [1.29, 1.82) is 0 Å². The van der Waals surface area contributed by atoms with Gasteiger partial charge in [-0.1, -0.05) is 63.6 Å². The molecule has 3 N–H and O–H groups in total. The number of carboxylic acids is 1. The lowest BCUT2D eigenvalue weighted by atomic mass is 9.63. The summed E-state index contributed by atoms with van der Waals surface area (Å²) in [4.78, 5) is 11.5. The number of benzene rings is 2. The van der Waals surface area contributed by atoms with Gasteiger partial charge in [-0.15, -0.1) is 0 Å². The highest BCUT2D eigenvalue weighted by atomic mass is 19.4. The third kappa shape index (κ3) is 8.28. The third-order valence-corrected chi connectivity index (χ3v) is 8.70. The van der Waals surface area contributed by atoms with E-state index in [9.17, 15) is 42.1 Å². The number of phenols is 2. The Bertz CT molecular complexity index is 1150. The summed E-state index contributed by atoms with van der Waals surface area (Å²) in [7, 11) is 0. The average molecular weight is 601 g/mol. The molecule has 5 nitrogen and oxygen atoms in total. The SMILES string of the molecule is CCC1(c2ccc(O)cc2)COc2cc(O)ccc2C1CCCCCCCCC(CCCC(F)(F)C(F)(F)F)C(=O)O. The smallest absolute Gasteiger partial charge is 0.453 e. The Morgan fingerprint density at radius 2 is 1.50 bits per heavy atom. The minimum atomic E-state index is -5.62. The van der Waals surface area contributed by atoms with Gasteiger partial charge in [0, 0.05) is 23.8 Å². The van der Waals surface area contributed by atoms with E-state index in [-0.39, 0.29) is 35.7 Å². The molecule has 1 heterocycles. The number of phenolic OH excluding ortho intramolecular Hbond substituents is 2. The van der Waals surface area contributed by atoms with Crippen LogP contribution in [0.2, 0.25) is 0 Å². The van der Waals surface area contributed by atoms with E-state index in [2.05, 4.69) is 6.92 Å². The number of hydrogen-bond donors (Lipinski definition) is 3. The first kappa shape index (κ1) is 33.5. The van der Waals surface area contributed by atoms with Gasteiger partial charge in [-0.2, -0.15) is 22.0 Å². The van der Waals surface area contributed by atoms with Gasteiger partial charge in [-0.25, -0.2) is 0 Å². The Kier molecular flexibility index (Phi) is 11.5. The van der Waals surface area contributed by atoms with Crippen molar-refractivity contribution in [2.75, 3.05) is 6.61 Å². The summed E-state index contributed by atoms with van der Waals surface area (Å²) in [6, 6.07) is 12.5. The van der Waals surface area contributed by atoms with Crippen molar-refractivity contribution in [3.05, 3.63) is 53.6 Å². The Morgan fingerprint density at radius 3 is 2.12 bits per heavy atom. The van der Waals surface area contributed by atoms with Crippen molar-refractivity contribution >= 4 is 5.97 Å². The summed E-state index contributed by atoms with van der Waals surface area (Å²) in [5.41, 5.74) is 1.83. The second-order valence-corrected chi connectivity index (χ2v) is 11.4. The van der Waals surface area contributed by atoms with E-state index in [0.29, 0.717) is 18.8 Å². The zero-order valence-electron chi connectivity index (χ0n) is 23.9. The van der Waals surface area contributed by atoms with Crippen molar-refractivity contribution in [3.63, 3.8) is 0 Å². The van der Waals surface area contributed by atoms with Crippen LogP contribution in [0.4, 0.5) is 22.0 Å². The molecule has 0 amide bonds. The molecule has 234 valence electrons. The molecule has 0 bridgehead atoms. The van der Waals surface area contributed by atoms with E-state index in [1.54, 1.807) is 24.3 Å². The second kappa shape index (κ2) is 14.4. The number of carboxylic acid groups (broad SMARTS) is 1. The molecule has 0 saturated carbocycles. The molecule has 42 heavy (non-hydrogen) atoms. The Hall–Kier alpha value is -3.04. The molecule has 3 unspecified atom stereocenters. The van der Waals surface area contributed by atoms with Crippen molar-refractivity contribution in [2.24, 2.45) is 5.92 Å². The van der Waals surface area contributed by atoms with Gasteiger partial charge in [0.2, 0.25) is 0 Å². The molecule has 0 radical (unpaired) electrons. The van der Waals surface area contributed by atoms with Crippen LogP contribution in [-0.2, 0) is 10.2 Å². The molecule has 0 aliphatic carbocycles. The van der Waals surface area contributed by atoms with Gasteiger partial charge in [0.25, 0.3) is 0 Å². The Morgan fingerprint density at radius 1 is 0.905 bits per heavy atom. The highest BCUT2D eigenvalue weighted by molar-refractivity contribution is 5.69. The van der Waals surface area contributed by atoms with Crippen molar-refractivity contribution in [2.45, 2.75) is 107 Å². The average Bonchev–Trinajstić information content (AvgIpc) is 2.93. The first-order chi connectivity index (χ1) is 19.8. The number of ether oxygens (including phenoxy) is 1. The number of unbranched alkanes of at least 4 members (excludes halogenated alkanes) is 5. The number of halogens is 5. The maximum atomic E-state index is 13.1. The van der Waals surface area contributed by atoms with Crippen LogP contribution in [0.3, 0.4) is 0 Å². The Labute approximate surface area is 243 Å². The molecule has 2 aromatic rings. The number of carbonyl (C=O) groups is 1. The summed E-state index contributed by atoms with van der Waals surface area (Å²) >= 11 is 0. The molecule has 2 aromatic carbocycles. The zero-order chi connectivity index (χ0) is 31.0. The van der Waals surface area contributed by atoms with E-state index in [4.69, 9.17) is 4.74 Å². The molecule has 3 rings (SSSR count). The standard InChI is InChI=1S/C32H41F5O5/c1-2-30(23-13-15-24(38)16-14-23)21-42-28-20-25(39)17-18-26(28)27(30)12-8-6-4-3-5-7-10-22(29(40)41)11-9-19-31(33,34)32(35,36)37/h13-18,20,22,27,38-39H,2-12,19,21H2,1H3,(H,40,41). The summed E-state index contributed by atoms with van der Waals surface area (Å²) in [5.74, 6) is -5.74. The van der Waals surface area contributed by atoms with E-state index >= 15 is 0 Å². The van der Waals surface area contributed by atoms with Crippen LogP contribution in [0.15, 0.2) is 42.5 Å². The maximum Gasteiger partial charge on any atom is 0.453 e. The summed E-state index contributed by atoms with van der Waals surface area (Å²) in [6.45, 7) is 2.58. The molecular weight excluding hydrogens is 559 g/mol. The van der Waals surface area contributed by atoms with Gasteiger partial charge in [-0.3, -0.25) is 4.79 Å². The topological polar surface area (TPSA) is 87.0 Å². The fourth-order valence-corrected chi connectivity index (χ4v) is 6.15. The highest BCUT2D eigenvalue weighted by Crippen LogP contribution is 2.51. The second-order valence-electron chi connectivity index (χ2n) is 11.4. The summed E-state index contributed by atoms with van der Waals surface area (Å²) in [6.07, 6.45) is -0.730. The fourth-order valence-electron chi connectivity index (χ4n) is 6.15. The molecule has 10 heteroatoms. The largest absolute Gasteiger partial charge is 0.508 e. The molecule has 1 aliphatic rings. The number of alkyl halides is 5. The van der Waals surface area contributed by atoms with Crippen molar-refractivity contribution in [3.8, 4) is 17.2 Å². The lowest BCUT2D eigenvalue weighted by Gasteiger charge is -2.45. The molecular formula is C32H41F5O5. The van der Waals surface area contributed by atoms with Crippen molar-refractivity contribution in [1.82, 2.24) is 0 Å². The van der Waals surface area contributed by atoms with Crippen molar-refractivity contribution < 1.29 is 46.8 Å². The minimum absolute atomic E-state index is 0.137. The van der Waals surface area contributed by atoms with Gasteiger partial charge in [-0.05, 0) is 61.4 Å². The van der Waals surface area contributed by atoms with E-state index in [1.807, 2.05) is 18.2 Å². The molecule has 0 fully saturated rings. The molecule has 1 aliphatic heterocycles. The van der Waals surface area contributed by atoms with Crippen LogP contribution in [-0.4, -0.2) is 40.0 Å². The number of fused-ring (bicyclic) bond motifs is 1. The predicted octanol–water partition coefficient (Wildman–Crippen LogP) is 9.11. The van der Waals surface area contributed by atoms with Crippen LogP contribution in [0.1, 0.15) is 101 Å². The zero-order valence-corrected chi connectivity index (χ0v) is 23.9. The van der Waals surface area contributed by atoms with E-state index in [0.717, 1.165) is 56.1 Å². The molecule has 0 saturated heterocycles.